The SMILES string of the molecule is CC(C)c1ccc(OCC(=O)O)c([C@H]2C[C@@](C)(NC(=O)CCO)C[C@@H](c3cccc(Cl)c3)O2)c1. The molecule has 7 nitrogen and oxygen atoms in total. The lowest BCUT2D eigenvalue weighted by Crippen LogP contribution is -2.51. The molecule has 1 aliphatic rings. The fourth-order valence-electron chi connectivity index (χ4n) is 4.33. The Morgan fingerprint density at radius 3 is 2.59 bits per heavy atom. The van der Waals surface area contributed by atoms with Gasteiger partial charge in [0.15, 0.2) is 6.61 Å². The van der Waals surface area contributed by atoms with Crippen molar-refractivity contribution in [1.82, 2.24) is 5.32 Å². The fraction of sp³-hybridized carbons (Fsp3) is 0.462. The summed E-state index contributed by atoms with van der Waals surface area (Å²) in [6.07, 6.45) is 0.132. The molecule has 0 aliphatic carbocycles. The van der Waals surface area contributed by atoms with Crippen LogP contribution in [-0.4, -0.2) is 40.8 Å². The smallest absolute Gasteiger partial charge is 0.341 e. The Bertz CT molecular complexity index is 1030. The quantitative estimate of drug-likeness (QED) is 0.468. The molecule has 1 fully saturated rings. The van der Waals surface area contributed by atoms with E-state index in [1.165, 1.54) is 0 Å². The second-order valence-electron chi connectivity index (χ2n) is 9.29. The van der Waals surface area contributed by atoms with Crippen molar-refractivity contribution >= 4 is 23.5 Å². The van der Waals surface area contributed by atoms with Crippen LogP contribution in [0.15, 0.2) is 42.5 Å². The Balaban J connectivity index is 2.03. The summed E-state index contributed by atoms with van der Waals surface area (Å²) in [6, 6.07) is 13.1. The van der Waals surface area contributed by atoms with E-state index in [9.17, 15) is 14.7 Å². The molecule has 2 aromatic carbocycles. The van der Waals surface area contributed by atoms with Crippen LogP contribution >= 0.6 is 11.6 Å². The van der Waals surface area contributed by atoms with E-state index in [1.54, 1.807) is 12.1 Å². The first-order valence-corrected chi connectivity index (χ1v) is 11.8. The Labute approximate surface area is 205 Å². The zero-order chi connectivity index (χ0) is 24.9. The van der Waals surface area contributed by atoms with E-state index in [0.29, 0.717) is 23.6 Å². The maximum Gasteiger partial charge on any atom is 0.341 e. The predicted molar refractivity (Wildman–Crippen MR) is 129 cm³/mol. The molecule has 1 amide bonds. The molecule has 8 heteroatoms. The van der Waals surface area contributed by atoms with E-state index in [-0.39, 0.29) is 31.0 Å². The topological polar surface area (TPSA) is 105 Å². The van der Waals surface area contributed by atoms with Gasteiger partial charge in [-0.3, -0.25) is 4.79 Å². The van der Waals surface area contributed by atoms with Crippen LogP contribution in [0.25, 0.3) is 0 Å². The average molecular weight is 490 g/mol. The first-order valence-electron chi connectivity index (χ1n) is 11.4. The summed E-state index contributed by atoms with van der Waals surface area (Å²) in [5, 5.41) is 22.0. The van der Waals surface area contributed by atoms with Gasteiger partial charge in [0.2, 0.25) is 5.91 Å². The number of rotatable bonds is 9. The zero-order valence-corrected chi connectivity index (χ0v) is 20.5. The molecule has 184 valence electrons. The van der Waals surface area contributed by atoms with Gasteiger partial charge in [0.05, 0.1) is 18.8 Å². The number of hydrogen-bond acceptors (Lipinski definition) is 5. The molecule has 0 spiro atoms. The number of ether oxygens (including phenoxy) is 2. The molecule has 3 N–H and O–H groups in total. The minimum absolute atomic E-state index is 0.0127. The van der Waals surface area contributed by atoms with Gasteiger partial charge >= 0.3 is 5.97 Å². The summed E-state index contributed by atoms with van der Waals surface area (Å²) < 4.78 is 12.2. The van der Waals surface area contributed by atoms with Gasteiger partial charge in [0, 0.05) is 35.4 Å². The number of aliphatic carboxylic acids is 1. The van der Waals surface area contributed by atoms with Crippen LogP contribution in [0.1, 0.15) is 74.8 Å². The highest BCUT2D eigenvalue weighted by Gasteiger charge is 2.41. The average Bonchev–Trinajstić information content (AvgIpc) is 2.76. The van der Waals surface area contributed by atoms with Crippen molar-refractivity contribution in [2.24, 2.45) is 0 Å². The van der Waals surface area contributed by atoms with Crippen molar-refractivity contribution < 1.29 is 29.3 Å². The zero-order valence-electron chi connectivity index (χ0n) is 19.7. The largest absolute Gasteiger partial charge is 0.482 e. The number of halogens is 1. The number of carboxylic acids is 1. The summed E-state index contributed by atoms with van der Waals surface area (Å²) in [4.78, 5) is 23.6. The van der Waals surface area contributed by atoms with Crippen LogP contribution in [0.2, 0.25) is 5.02 Å². The lowest BCUT2D eigenvalue weighted by molar-refractivity contribution is -0.139. The monoisotopic (exact) mass is 489 g/mol. The number of carbonyl (C=O) groups is 2. The molecule has 1 aliphatic heterocycles. The highest BCUT2D eigenvalue weighted by molar-refractivity contribution is 6.30. The number of carbonyl (C=O) groups excluding carboxylic acids is 1. The van der Waals surface area contributed by atoms with Gasteiger partial charge in [-0.25, -0.2) is 4.79 Å². The van der Waals surface area contributed by atoms with Crippen LogP contribution < -0.4 is 10.1 Å². The summed E-state index contributed by atoms with van der Waals surface area (Å²) in [5.74, 6) is -0.627. The van der Waals surface area contributed by atoms with E-state index in [4.69, 9.17) is 26.2 Å². The van der Waals surface area contributed by atoms with E-state index in [0.717, 1.165) is 16.7 Å². The highest BCUT2D eigenvalue weighted by atomic mass is 35.5. The van der Waals surface area contributed by atoms with Gasteiger partial charge in [-0.1, -0.05) is 43.6 Å². The van der Waals surface area contributed by atoms with Crippen LogP contribution in [0.4, 0.5) is 0 Å². The molecule has 0 radical (unpaired) electrons. The van der Waals surface area contributed by atoms with Crippen molar-refractivity contribution in [2.75, 3.05) is 13.2 Å². The van der Waals surface area contributed by atoms with Crippen LogP contribution in [-0.2, 0) is 14.3 Å². The van der Waals surface area contributed by atoms with Crippen molar-refractivity contribution in [2.45, 2.75) is 63.7 Å². The van der Waals surface area contributed by atoms with E-state index < -0.39 is 24.2 Å². The summed E-state index contributed by atoms with van der Waals surface area (Å²) >= 11 is 6.24. The molecular formula is C26H32ClNO6. The first kappa shape index (κ1) is 26.0. The molecule has 0 saturated carbocycles. The molecule has 3 rings (SSSR count). The Morgan fingerprint density at radius 2 is 1.94 bits per heavy atom. The lowest BCUT2D eigenvalue weighted by atomic mass is 9.80. The third-order valence-electron chi connectivity index (χ3n) is 6.00. The number of nitrogens with one attached hydrogen (secondary N) is 1. The van der Waals surface area contributed by atoms with Crippen molar-refractivity contribution in [1.29, 1.82) is 0 Å². The molecule has 1 saturated heterocycles. The minimum Gasteiger partial charge on any atom is -0.482 e. The second kappa shape index (κ2) is 11.2. The number of hydrogen-bond donors (Lipinski definition) is 3. The minimum atomic E-state index is -1.07. The number of carboxylic acid groups (broad SMARTS) is 1. The second-order valence-corrected chi connectivity index (χ2v) is 9.73. The van der Waals surface area contributed by atoms with Crippen LogP contribution in [0, 0.1) is 0 Å². The number of amides is 1. The van der Waals surface area contributed by atoms with Crippen molar-refractivity contribution in [3.05, 3.63) is 64.2 Å². The van der Waals surface area contributed by atoms with Crippen molar-refractivity contribution in [3.8, 4) is 5.75 Å². The normalized spacial score (nSPS) is 22.4. The van der Waals surface area contributed by atoms with Crippen molar-refractivity contribution in [3.63, 3.8) is 0 Å². The number of benzene rings is 2. The Morgan fingerprint density at radius 1 is 1.21 bits per heavy atom. The Kier molecular flexibility index (Phi) is 8.57. The Hall–Kier alpha value is -2.61. The van der Waals surface area contributed by atoms with Gasteiger partial charge < -0.3 is 25.0 Å². The molecule has 1 heterocycles. The van der Waals surface area contributed by atoms with E-state index in [1.807, 2.05) is 37.3 Å². The third kappa shape index (κ3) is 6.72. The summed E-state index contributed by atoms with van der Waals surface area (Å²) in [7, 11) is 0. The van der Waals surface area contributed by atoms with Gasteiger partial charge in [0.25, 0.3) is 0 Å². The van der Waals surface area contributed by atoms with E-state index >= 15 is 0 Å². The molecule has 2 aromatic rings. The number of aliphatic hydroxyl groups is 1. The summed E-state index contributed by atoms with van der Waals surface area (Å²) in [5.41, 5.74) is 2.05. The molecule has 0 unspecified atom stereocenters. The molecule has 0 aromatic heterocycles. The molecule has 3 atom stereocenters. The van der Waals surface area contributed by atoms with Crippen LogP contribution in [0.3, 0.4) is 0 Å². The van der Waals surface area contributed by atoms with E-state index in [2.05, 4.69) is 19.2 Å². The van der Waals surface area contributed by atoms with Crippen LogP contribution in [0.5, 0.6) is 5.75 Å². The third-order valence-corrected chi connectivity index (χ3v) is 6.23. The maximum atomic E-state index is 12.4. The highest BCUT2D eigenvalue weighted by Crippen LogP contribution is 2.46. The molecule has 0 bridgehead atoms. The molecular weight excluding hydrogens is 458 g/mol. The maximum absolute atomic E-state index is 12.4. The predicted octanol–water partition coefficient (Wildman–Crippen LogP) is 4.78. The van der Waals surface area contributed by atoms with Gasteiger partial charge in [-0.05, 0) is 48.2 Å². The number of aliphatic hydroxyl groups excluding tert-OH is 1. The van der Waals surface area contributed by atoms with Gasteiger partial charge in [-0.2, -0.15) is 0 Å². The fourth-order valence-corrected chi connectivity index (χ4v) is 4.53. The molecule has 34 heavy (non-hydrogen) atoms. The van der Waals surface area contributed by atoms with Gasteiger partial charge in [-0.15, -0.1) is 0 Å². The lowest BCUT2D eigenvalue weighted by Gasteiger charge is -2.43. The van der Waals surface area contributed by atoms with Gasteiger partial charge in [0.1, 0.15) is 5.75 Å². The standard InChI is InChI=1S/C26H32ClNO6/c1-16(2)17-7-8-21(33-15-25(31)32)20(12-17)23-14-26(3,28-24(30)9-10-29)13-22(34-23)18-5-4-6-19(27)11-18/h4-8,11-12,16,22-23,29H,9-10,13-15H2,1-3H3,(H,28,30)(H,31,32)/t22-,23+,26-/m0/s1. The first-order chi connectivity index (χ1) is 16.1. The summed E-state index contributed by atoms with van der Waals surface area (Å²) in [6.45, 7) is 5.41.